The van der Waals surface area contributed by atoms with Gasteiger partial charge < -0.3 is 5.32 Å². The molecular weight excluding hydrogens is 227 g/mol. The van der Waals surface area contributed by atoms with E-state index >= 15 is 0 Å². The van der Waals surface area contributed by atoms with Gasteiger partial charge in [-0.3, -0.25) is 9.19 Å². The Morgan fingerprint density at radius 3 is 2.81 bits per heavy atom. The third-order valence-corrected chi connectivity index (χ3v) is 3.07. The second kappa shape index (κ2) is 6.70. The Balaban J connectivity index is 2.53. The highest BCUT2D eigenvalue weighted by Crippen LogP contribution is 2.13. The first-order valence-electron chi connectivity index (χ1n) is 5.28. The van der Waals surface area contributed by atoms with Crippen LogP contribution in [-0.2, 0) is 10.8 Å². The number of aromatic nitrogens is 1. The van der Waals surface area contributed by atoms with Crippen LogP contribution >= 0.6 is 0 Å². The van der Waals surface area contributed by atoms with Crippen LogP contribution in [0.1, 0.15) is 25.1 Å². The maximum Gasteiger partial charge on any atom is 0.141 e. The van der Waals surface area contributed by atoms with Gasteiger partial charge in [0.15, 0.2) is 0 Å². The number of pyridine rings is 1. The molecule has 1 heterocycles. The lowest BCUT2D eigenvalue weighted by molar-refractivity contribution is 0.521. The number of hydrogen-bond donors (Lipinski definition) is 1. The molecule has 16 heavy (non-hydrogen) atoms. The first-order valence-corrected chi connectivity index (χ1v) is 7.01. The Hall–Kier alpha value is -0.810. The molecule has 0 bridgehead atoms. The molecule has 0 aromatic carbocycles. The molecular formula is C11H17FN2OS. The van der Waals surface area contributed by atoms with Gasteiger partial charge in [0.2, 0.25) is 0 Å². The molecule has 0 spiro atoms. The Labute approximate surface area is 97.9 Å². The maximum absolute atomic E-state index is 12.7. The molecule has 2 unspecified atom stereocenters. The van der Waals surface area contributed by atoms with E-state index < -0.39 is 10.8 Å². The lowest BCUT2D eigenvalue weighted by atomic mass is 10.1. The lowest BCUT2D eigenvalue weighted by Gasteiger charge is -2.15. The van der Waals surface area contributed by atoms with Crippen molar-refractivity contribution in [3.05, 3.63) is 29.8 Å². The summed E-state index contributed by atoms with van der Waals surface area (Å²) in [4.78, 5) is 4.03. The topological polar surface area (TPSA) is 42.0 Å². The third-order valence-electron chi connectivity index (χ3n) is 2.30. The van der Waals surface area contributed by atoms with Crippen molar-refractivity contribution in [2.45, 2.75) is 19.4 Å². The highest BCUT2D eigenvalue weighted by atomic mass is 32.2. The number of rotatable bonds is 6. The van der Waals surface area contributed by atoms with Crippen LogP contribution in [0.4, 0.5) is 4.39 Å². The molecule has 2 atom stereocenters. The third kappa shape index (κ3) is 4.37. The molecule has 1 aromatic rings. The van der Waals surface area contributed by atoms with Crippen LogP contribution in [0, 0.1) is 5.82 Å². The fraction of sp³-hybridized carbons (Fsp3) is 0.545. The summed E-state index contributed by atoms with van der Waals surface area (Å²) in [7, 11) is -0.787. The van der Waals surface area contributed by atoms with Gasteiger partial charge in [0.05, 0.1) is 11.9 Å². The van der Waals surface area contributed by atoms with E-state index in [1.807, 2.05) is 6.92 Å². The smallest absolute Gasteiger partial charge is 0.141 e. The summed E-state index contributed by atoms with van der Waals surface area (Å²) in [5.41, 5.74) is 0.825. The van der Waals surface area contributed by atoms with E-state index in [0.29, 0.717) is 12.3 Å². The summed E-state index contributed by atoms with van der Waals surface area (Å²) < 4.78 is 23.6. The fourth-order valence-electron chi connectivity index (χ4n) is 1.43. The van der Waals surface area contributed by atoms with Gasteiger partial charge in [0.25, 0.3) is 0 Å². The van der Waals surface area contributed by atoms with E-state index in [1.165, 1.54) is 12.3 Å². The zero-order valence-electron chi connectivity index (χ0n) is 9.57. The molecule has 0 amide bonds. The highest BCUT2D eigenvalue weighted by Gasteiger charge is 2.09. The summed E-state index contributed by atoms with van der Waals surface area (Å²) in [6.45, 7) is 2.71. The Kier molecular flexibility index (Phi) is 5.55. The Bertz CT molecular complexity index is 342. The van der Waals surface area contributed by atoms with Crippen LogP contribution in [0.2, 0.25) is 0 Å². The molecule has 0 fully saturated rings. The molecule has 0 aliphatic heterocycles. The van der Waals surface area contributed by atoms with Gasteiger partial charge in [-0.2, -0.15) is 0 Å². The second-order valence-electron chi connectivity index (χ2n) is 3.59. The van der Waals surface area contributed by atoms with Crippen molar-refractivity contribution in [3.63, 3.8) is 0 Å². The van der Waals surface area contributed by atoms with Crippen LogP contribution < -0.4 is 5.32 Å². The highest BCUT2D eigenvalue weighted by molar-refractivity contribution is 7.84. The van der Waals surface area contributed by atoms with Gasteiger partial charge in [-0.05, 0) is 18.6 Å². The van der Waals surface area contributed by atoms with Crippen molar-refractivity contribution >= 4 is 10.8 Å². The van der Waals surface area contributed by atoms with Gasteiger partial charge in [-0.15, -0.1) is 0 Å². The van der Waals surface area contributed by atoms with Crippen LogP contribution in [0.25, 0.3) is 0 Å². The predicted molar refractivity (Wildman–Crippen MR) is 64.2 cm³/mol. The standard InChI is InChI=1S/C11H17FN2OS/c1-3-10(13-6-7-16(2)15)11-5-4-9(12)8-14-11/h4-5,8,10,13H,3,6-7H2,1-2H3. The van der Waals surface area contributed by atoms with Crippen molar-refractivity contribution in [1.82, 2.24) is 10.3 Å². The minimum atomic E-state index is -0.787. The number of nitrogens with zero attached hydrogens (tertiary/aromatic N) is 1. The molecule has 90 valence electrons. The van der Waals surface area contributed by atoms with E-state index in [2.05, 4.69) is 10.3 Å². The van der Waals surface area contributed by atoms with Gasteiger partial charge in [-0.1, -0.05) is 6.92 Å². The number of hydrogen-bond acceptors (Lipinski definition) is 3. The lowest BCUT2D eigenvalue weighted by Crippen LogP contribution is -2.25. The average Bonchev–Trinajstić information content (AvgIpc) is 2.26. The maximum atomic E-state index is 12.7. The van der Waals surface area contributed by atoms with Gasteiger partial charge >= 0.3 is 0 Å². The molecule has 1 rings (SSSR count). The van der Waals surface area contributed by atoms with Gasteiger partial charge in [0.1, 0.15) is 5.82 Å². The van der Waals surface area contributed by atoms with Crippen molar-refractivity contribution in [2.24, 2.45) is 0 Å². The predicted octanol–water partition coefficient (Wildman–Crippen LogP) is 1.64. The van der Waals surface area contributed by atoms with Crippen LogP contribution in [0.5, 0.6) is 0 Å². The van der Waals surface area contributed by atoms with Crippen molar-refractivity contribution in [3.8, 4) is 0 Å². The minimum absolute atomic E-state index is 0.101. The molecule has 0 radical (unpaired) electrons. The zero-order valence-corrected chi connectivity index (χ0v) is 10.4. The molecule has 1 aromatic heterocycles. The van der Waals surface area contributed by atoms with E-state index in [-0.39, 0.29) is 11.9 Å². The van der Waals surface area contributed by atoms with Crippen LogP contribution in [-0.4, -0.2) is 27.7 Å². The molecule has 0 saturated heterocycles. The monoisotopic (exact) mass is 244 g/mol. The Morgan fingerprint density at radius 1 is 1.56 bits per heavy atom. The van der Waals surface area contributed by atoms with Crippen molar-refractivity contribution < 1.29 is 8.60 Å². The van der Waals surface area contributed by atoms with Crippen LogP contribution in [0.3, 0.4) is 0 Å². The fourth-order valence-corrected chi connectivity index (χ4v) is 1.83. The normalized spacial score (nSPS) is 14.7. The summed E-state index contributed by atoms with van der Waals surface area (Å²) >= 11 is 0. The Morgan fingerprint density at radius 2 is 2.31 bits per heavy atom. The minimum Gasteiger partial charge on any atom is -0.308 e. The summed E-state index contributed by atoms with van der Waals surface area (Å²) in [5.74, 6) is 0.297. The van der Waals surface area contributed by atoms with E-state index in [4.69, 9.17) is 0 Å². The molecule has 5 heteroatoms. The largest absolute Gasteiger partial charge is 0.308 e. The first-order chi connectivity index (χ1) is 7.63. The van der Waals surface area contributed by atoms with Crippen molar-refractivity contribution in [2.75, 3.05) is 18.6 Å². The summed E-state index contributed by atoms with van der Waals surface area (Å²) in [5, 5.41) is 3.26. The van der Waals surface area contributed by atoms with Crippen LogP contribution in [0.15, 0.2) is 18.3 Å². The number of nitrogens with one attached hydrogen (secondary N) is 1. The van der Waals surface area contributed by atoms with Gasteiger partial charge in [0, 0.05) is 35.4 Å². The molecule has 0 aliphatic carbocycles. The molecule has 0 saturated carbocycles. The quantitative estimate of drug-likeness (QED) is 0.827. The zero-order chi connectivity index (χ0) is 12.0. The van der Waals surface area contributed by atoms with Gasteiger partial charge in [-0.25, -0.2) is 4.39 Å². The van der Waals surface area contributed by atoms with Crippen molar-refractivity contribution in [1.29, 1.82) is 0 Å². The van der Waals surface area contributed by atoms with E-state index in [0.717, 1.165) is 12.1 Å². The molecule has 0 aliphatic rings. The van der Waals surface area contributed by atoms with E-state index in [9.17, 15) is 8.60 Å². The van der Waals surface area contributed by atoms with E-state index in [1.54, 1.807) is 12.3 Å². The molecule has 3 nitrogen and oxygen atoms in total. The second-order valence-corrected chi connectivity index (χ2v) is 5.15. The first kappa shape index (κ1) is 13.3. The average molecular weight is 244 g/mol. The molecule has 1 N–H and O–H groups in total. The summed E-state index contributed by atoms with van der Waals surface area (Å²) in [6.07, 6.45) is 3.77. The SMILES string of the molecule is CCC(NCCS(C)=O)c1ccc(F)cn1. The number of halogens is 1. The summed E-state index contributed by atoms with van der Waals surface area (Å²) in [6, 6.07) is 3.19.